The molecule has 0 N–H and O–H groups in total. The Balaban J connectivity index is 2.41. The predicted molar refractivity (Wildman–Crippen MR) is 74.1 cm³/mol. The highest BCUT2D eigenvalue weighted by molar-refractivity contribution is 5.67. The molecule has 2 aromatic carbocycles. The zero-order chi connectivity index (χ0) is 12.1. The van der Waals surface area contributed by atoms with Gasteiger partial charge < -0.3 is 0 Å². The molecule has 0 fully saturated rings. The lowest BCUT2D eigenvalue weighted by atomic mass is 9.96. The summed E-state index contributed by atoms with van der Waals surface area (Å²) in [7, 11) is 0. The van der Waals surface area contributed by atoms with Gasteiger partial charge in [0.25, 0.3) is 0 Å². The maximum absolute atomic E-state index is 3.37. The molecular formula is C17H19. The molecule has 0 amide bonds. The summed E-state index contributed by atoms with van der Waals surface area (Å²) < 4.78 is 0. The van der Waals surface area contributed by atoms with Crippen molar-refractivity contribution < 1.29 is 0 Å². The quantitative estimate of drug-likeness (QED) is 0.706. The molecule has 0 aliphatic rings. The molecule has 0 aliphatic carbocycles. The van der Waals surface area contributed by atoms with Crippen molar-refractivity contribution in [3.8, 4) is 11.1 Å². The zero-order valence-electron chi connectivity index (χ0n) is 10.7. The van der Waals surface area contributed by atoms with E-state index in [9.17, 15) is 0 Å². The van der Waals surface area contributed by atoms with Crippen molar-refractivity contribution in [1.82, 2.24) is 0 Å². The second-order valence-corrected chi connectivity index (χ2v) is 4.37. The molecular weight excluding hydrogens is 204 g/mol. The van der Waals surface area contributed by atoms with Gasteiger partial charge in [0.15, 0.2) is 0 Å². The summed E-state index contributed by atoms with van der Waals surface area (Å²) in [4.78, 5) is 0. The van der Waals surface area contributed by atoms with Crippen LogP contribution in [0.5, 0.6) is 0 Å². The van der Waals surface area contributed by atoms with Crippen LogP contribution in [0.1, 0.15) is 31.4 Å². The topological polar surface area (TPSA) is 0 Å². The van der Waals surface area contributed by atoms with E-state index in [1.165, 1.54) is 28.7 Å². The summed E-state index contributed by atoms with van der Waals surface area (Å²) in [5.74, 6) is 0. The van der Waals surface area contributed by atoms with Crippen LogP contribution in [0, 0.1) is 6.07 Å². The van der Waals surface area contributed by atoms with Crippen molar-refractivity contribution in [1.29, 1.82) is 0 Å². The van der Waals surface area contributed by atoms with Crippen LogP contribution in [0.15, 0.2) is 42.5 Å². The third-order valence-corrected chi connectivity index (χ3v) is 3.08. The first-order valence-corrected chi connectivity index (χ1v) is 6.44. The van der Waals surface area contributed by atoms with Crippen LogP contribution in [0.3, 0.4) is 0 Å². The summed E-state index contributed by atoms with van der Waals surface area (Å²) >= 11 is 0. The highest BCUT2D eigenvalue weighted by Gasteiger charge is 2.03. The predicted octanol–water partition coefficient (Wildman–Crippen LogP) is 4.67. The molecule has 87 valence electrons. The second-order valence-electron chi connectivity index (χ2n) is 4.37. The number of hydrogen-bond acceptors (Lipinski definition) is 0. The summed E-state index contributed by atoms with van der Waals surface area (Å²) in [6.07, 6.45) is 3.41. The number of benzene rings is 2. The van der Waals surface area contributed by atoms with Gasteiger partial charge in [-0.25, -0.2) is 0 Å². The molecule has 0 spiro atoms. The van der Waals surface area contributed by atoms with Gasteiger partial charge in [0.05, 0.1) is 0 Å². The molecule has 2 aromatic rings. The fourth-order valence-corrected chi connectivity index (χ4v) is 2.21. The van der Waals surface area contributed by atoms with E-state index < -0.39 is 0 Å². The lowest BCUT2D eigenvalue weighted by molar-refractivity contribution is 0.922. The van der Waals surface area contributed by atoms with E-state index >= 15 is 0 Å². The van der Waals surface area contributed by atoms with Crippen LogP contribution in [0.4, 0.5) is 0 Å². The first kappa shape index (κ1) is 11.9. The van der Waals surface area contributed by atoms with Gasteiger partial charge in [0.2, 0.25) is 0 Å². The largest absolute Gasteiger partial charge is 0.0651 e. The van der Waals surface area contributed by atoms with E-state index in [0.29, 0.717) is 0 Å². The van der Waals surface area contributed by atoms with Gasteiger partial charge >= 0.3 is 0 Å². The van der Waals surface area contributed by atoms with E-state index in [-0.39, 0.29) is 0 Å². The first-order valence-electron chi connectivity index (χ1n) is 6.44. The van der Waals surface area contributed by atoms with Gasteiger partial charge in [-0.3, -0.25) is 0 Å². The van der Waals surface area contributed by atoms with Gasteiger partial charge in [-0.1, -0.05) is 62.7 Å². The number of hydrogen-bond donors (Lipinski definition) is 0. The van der Waals surface area contributed by atoms with Crippen LogP contribution in [-0.2, 0) is 12.8 Å². The second kappa shape index (κ2) is 5.67. The maximum Gasteiger partial charge on any atom is -0.00731 e. The highest BCUT2D eigenvalue weighted by atomic mass is 14.1. The van der Waals surface area contributed by atoms with E-state index in [2.05, 4.69) is 56.3 Å². The molecule has 1 radical (unpaired) electrons. The lowest BCUT2D eigenvalue weighted by Gasteiger charge is -2.09. The van der Waals surface area contributed by atoms with Crippen molar-refractivity contribution in [2.45, 2.75) is 33.1 Å². The van der Waals surface area contributed by atoms with Crippen molar-refractivity contribution in [2.75, 3.05) is 0 Å². The summed E-state index contributed by atoms with van der Waals surface area (Å²) in [6.45, 7) is 4.42. The minimum absolute atomic E-state index is 1.06. The van der Waals surface area contributed by atoms with Crippen molar-refractivity contribution in [2.24, 2.45) is 0 Å². The number of rotatable bonds is 4. The Morgan fingerprint density at radius 1 is 1.06 bits per heavy atom. The lowest BCUT2D eigenvalue weighted by Crippen LogP contribution is -1.89. The average molecular weight is 223 g/mol. The van der Waals surface area contributed by atoms with E-state index in [1.54, 1.807) is 0 Å². The fourth-order valence-electron chi connectivity index (χ4n) is 2.21. The SMILES string of the molecule is CCCc1cccc(-c2[c]cccc2CC)c1. The molecule has 0 saturated heterocycles. The van der Waals surface area contributed by atoms with Crippen molar-refractivity contribution in [3.05, 3.63) is 59.7 Å². The Morgan fingerprint density at radius 3 is 2.71 bits per heavy atom. The van der Waals surface area contributed by atoms with Crippen LogP contribution < -0.4 is 0 Å². The third kappa shape index (κ3) is 2.76. The van der Waals surface area contributed by atoms with E-state index in [4.69, 9.17) is 0 Å². The van der Waals surface area contributed by atoms with E-state index in [1.807, 2.05) is 6.07 Å². The van der Waals surface area contributed by atoms with Gasteiger partial charge in [0.1, 0.15) is 0 Å². The first-order chi connectivity index (χ1) is 8.35. The molecule has 0 unspecified atom stereocenters. The average Bonchev–Trinajstić information content (AvgIpc) is 2.39. The molecule has 0 nitrogen and oxygen atoms in total. The van der Waals surface area contributed by atoms with Gasteiger partial charge in [-0.15, -0.1) is 0 Å². The monoisotopic (exact) mass is 223 g/mol. The molecule has 0 atom stereocenters. The smallest absolute Gasteiger partial charge is 0.00731 e. The van der Waals surface area contributed by atoms with Gasteiger partial charge in [-0.05, 0) is 41.2 Å². The maximum atomic E-state index is 3.37. The van der Waals surface area contributed by atoms with Crippen LogP contribution in [0.2, 0.25) is 0 Å². The Hall–Kier alpha value is -1.56. The Kier molecular flexibility index (Phi) is 3.98. The molecule has 0 aliphatic heterocycles. The normalized spacial score (nSPS) is 10.5. The molecule has 0 bridgehead atoms. The minimum Gasteiger partial charge on any atom is -0.0651 e. The molecule has 0 heteroatoms. The van der Waals surface area contributed by atoms with Gasteiger partial charge in [0, 0.05) is 0 Å². The molecule has 0 aromatic heterocycles. The van der Waals surface area contributed by atoms with Crippen LogP contribution in [-0.4, -0.2) is 0 Å². The molecule has 2 rings (SSSR count). The van der Waals surface area contributed by atoms with E-state index in [0.717, 1.165) is 12.8 Å². The zero-order valence-corrected chi connectivity index (χ0v) is 10.7. The summed E-state index contributed by atoms with van der Waals surface area (Å²) in [5, 5.41) is 0. The Labute approximate surface area is 104 Å². The standard InChI is InChI=1S/C17H19/c1-3-8-14-9-7-11-16(13-14)17-12-6-5-10-15(17)4-2/h5-7,9-11,13H,3-4,8H2,1-2H3. The van der Waals surface area contributed by atoms with Crippen molar-refractivity contribution in [3.63, 3.8) is 0 Å². The summed E-state index contributed by atoms with van der Waals surface area (Å²) in [5.41, 5.74) is 5.35. The Morgan fingerprint density at radius 2 is 1.94 bits per heavy atom. The van der Waals surface area contributed by atoms with Crippen molar-refractivity contribution >= 4 is 0 Å². The molecule has 17 heavy (non-hydrogen) atoms. The van der Waals surface area contributed by atoms with Gasteiger partial charge in [-0.2, -0.15) is 0 Å². The number of aryl methyl sites for hydroxylation is 2. The highest BCUT2D eigenvalue weighted by Crippen LogP contribution is 2.24. The molecule has 0 saturated carbocycles. The third-order valence-electron chi connectivity index (χ3n) is 3.08. The van der Waals surface area contributed by atoms with Crippen LogP contribution in [0.25, 0.3) is 11.1 Å². The fraction of sp³-hybridized carbons (Fsp3) is 0.294. The summed E-state index contributed by atoms with van der Waals surface area (Å²) in [6, 6.07) is 18.5. The minimum atomic E-state index is 1.06. The van der Waals surface area contributed by atoms with Crippen LogP contribution >= 0.6 is 0 Å². The molecule has 0 heterocycles. The Bertz CT molecular complexity index is 483.